The van der Waals surface area contributed by atoms with Gasteiger partial charge in [0.15, 0.2) is 5.78 Å². The van der Waals surface area contributed by atoms with Gasteiger partial charge >= 0.3 is 0 Å². The van der Waals surface area contributed by atoms with Gasteiger partial charge in [0.05, 0.1) is 16.5 Å². The van der Waals surface area contributed by atoms with Gasteiger partial charge in [-0.15, -0.1) is 11.3 Å². The first-order valence-corrected chi connectivity index (χ1v) is 9.97. The maximum Gasteiger partial charge on any atom is 0.268 e. The molecule has 1 aromatic carbocycles. The molecule has 30 heavy (non-hydrogen) atoms. The standard InChI is InChI=1S/C21H16ClFN2O4S/c1-28-7-6-25-11-14(8-13(10-24)21(25)27)20(26)17-9-15(23)2-4-18(17)29-12-16-3-5-19(22)30-16/h2-5,8-9,11H,6-7,12H2,1H3. The molecule has 0 aliphatic carbocycles. The average molecular weight is 447 g/mol. The number of ether oxygens (including phenoxy) is 2. The highest BCUT2D eigenvalue weighted by Crippen LogP contribution is 2.27. The van der Waals surface area contributed by atoms with Gasteiger partial charge in [-0.25, -0.2) is 4.39 Å². The molecule has 0 saturated carbocycles. The molecule has 0 spiro atoms. The van der Waals surface area contributed by atoms with E-state index in [1.54, 1.807) is 18.2 Å². The third-order valence-electron chi connectivity index (χ3n) is 4.19. The summed E-state index contributed by atoms with van der Waals surface area (Å²) in [6, 6.07) is 10.1. The maximum atomic E-state index is 13.9. The van der Waals surface area contributed by atoms with Crippen LogP contribution in [0.5, 0.6) is 5.75 Å². The number of hydrogen-bond acceptors (Lipinski definition) is 6. The Morgan fingerprint density at radius 1 is 1.30 bits per heavy atom. The number of benzene rings is 1. The fraction of sp³-hybridized carbons (Fsp3) is 0.190. The summed E-state index contributed by atoms with van der Waals surface area (Å²) in [7, 11) is 1.47. The lowest BCUT2D eigenvalue weighted by Gasteiger charge is -2.12. The van der Waals surface area contributed by atoms with Crippen molar-refractivity contribution >= 4 is 28.7 Å². The van der Waals surface area contributed by atoms with E-state index in [-0.39, 0.29) is 42.2 Å². The predicted molar refractivity (Wildman–Crippen MR) is 111 cm³/mol. The van der Waals surface area contributed by atoms with E-state index < -0.39 is 17.2 Å². The van der Waals surface area contributed by atoms with E-state index in [1.807, 2.05) is 0 Å². The van der Waals surface area contributed by atoms with E-state index in [2.05, 4.69) is 0 Å². The fourth-order valence-corrected chi connectivity index (χ4v) is 3.74. The van der Waals surface area contributed by atoms with Crippen LogP contribution in [0.3, 0.4) is 0 Å². The second kappa shape index (κ2) is 9.67. The van der Waals surface area contributed by atoms with Crippen LogP contribution >= 0.6 is 22.9 Å². The van der Waals surface area contributed by atoms with Crippen LogP contribution in [0.1, 0.15) is 26.4 Å². The van der Waals surface area contributed by atoms with E-state index in [1.165, 1.54) is 47.4 Å². The molecule has 0 aliphatic rings. The monoisotopic (exact) mass is 446 g/mol. The zero-order valence-corrected chi connectivity index (χ0v) is 17.4. The Morgan fingerprint density at radius 2 is 2.10 bits per heavy atom. The van der Waals surface area contributed by atoms with Crippen LogP contribution in [0.2, 0.25) is 4.34 Å². The third kappa shape index (κ3) is 4.94. The van der Waals surface area contributed by atoms with Gasteiger partial charge < -0.3 is 14.0 Å². The van der Waals surface area contributed by atoms with Crippen molar-refractivity contribution in [1.82, 2.24) is 4.57 Å². The Labute approximate surface area is 180 Å². The summed E-state index contributed by atoms with van der Waals surface area (Å²) >= 11 is 7.25. The maximum absolute atomic E-state index is 13.9. The van der Waals surface area contributed by atoms with Gasteiger partial charge in [-0.2, -0.15) is 5.26 Å². The first-order valence-electron chi connectivity index (χ1n) is 8.77. The van der Waals surface area contributed by atoms with Gasteiger partial charge in [-0.05, 0) is 36.4 Å². The van der Waals surface area contributed by atoms with Crippen molar-refractivity contribution in [3.05, 3.63) is 84.7 Å². The summed E-state index contributed by atoms with van der Waals surface area (Å²) in [6.07, 6.45) is 1.33. The van der Waals surface area contributed by atoms with Crippen LogP contribution in [0.4, 0.5) is 4.39 Å². The van der Waals surface area contributed by atoms with Gasteiger partial charge in [0.2, 0.25) is 0 Å². The first kappa shape index (κ1) is 21.7. The highest BCUT2D eigenvalue weighted by atomic mass is 35.5. The van der Waals surface area contributed by atoms with Gasteiger partial charge in [0.1, 0.15) is 29.8 Å². The number of hydrogen-bond donors (Lipinski definition) is 0. The van der Waals surface area contributed by atoms with Crippen molar-refractivity contribution < 1.29 is 18.7 Å². The zero-order valence-electron chi connectivity index (χ0n) is 15.9. The van der Waals surface area contributed by atoms with E-state index >= 15 is 0 Å². The summed E-state index contributed by atoms with van der Waals surface area (Å²) < 4.78 is 26.4. The lowest BCUT2D eigenvalue weighted by molar-refractivity contribution is 0.103. The van der Waals surface area contributed by atoms with Crippen LogP contribution in [-0.4, -0.2) is 24.1 Å². The Bertz CT molecular complexity index is 1180. The summed E-state index contributed by atoms with van der Waals surface area (Å²) in [5, 5.41) is 9.26. The van der Waals surface area contributed by atoms with E-state index in [0.29, 0.717) is 4.34 Å². The van der Waals surface area contributed by atoms with E-state index in [9.17, 15) is 19.2 Å². The zero-order chi connectivity index (χ0) is 21.7. The molecule has 2 heterocycles. The number of rotatable bonds is 8. The van der Waals surface area contributed by atoms with Gasteiger partial charge in [0.25, 0.3) is 5.56 Å². The molecule has 0 N–H and O–H groups in total. The third-order valence-corrected chi connectivity index (χ3v) is 5.39. The molecule has 0 atom stereocenters. The molecule has 0 radical (unpaired) electrons. The second-order valence-corrected chi connectivity index (χ2v) is 8.01. The Balaban J connectivity index is 1.97. The summed E-state index contributed by atoms with van der Waals surface area (Å²) in [6.45, 7) is 0.539. The van der Waals surface area contributed by atoms with Gasteiger partial charge in [0, 0.05) is 30.3 Å². The minimum atomic E-state index is -0.613. The molecule has 0 saturated heterocycles. The number of pyridine rings is 1. The molecule has 0 unspecified atom stereocenters. The van der Waals surface area contributed by atoms with Gasteiger partial charge in [-0.1, -0.05) is 11.6 Å². The SMILES string of the molecule is COCCn1cc(C(=O)c2cc(F)ccc2OCc2ccc(Cl)s2)cc(C#N)c1=O. The van der Waals surface area contributed by atoms with Crippen molar-refractivity contribution in [2.75, 3.05) is 13.7 Å². The van der Waals surface area contributed by atoms with Crippen molar-refractivity contribution in [3.8, 4) is 11.8 Å². The number of nitrogens with zero attached hydrogens (tertiary/aromatic N) is 2. The molecular weight excluding hydrogens is 431 g/mol. The van der Waals surface area contributed by atoms with Crippen LogP contribution in [0, 0.1) is 17.1 Å². The minimum Gasteiger partial charge on any atom is -0.487 e. The Hall–Kier alpha value is -2.99. The van der Waals surface area contributed by atoms with E-state index in [0.717, 1.165) is 10.9 Å². The number of thiophene rings is 1. The van der Waals surface area contributed by atoms with Crippen molar-refractivity contribution in [2.45, 2.75) is 13.2 Å². The molecule has 3 aromatic rings. The van der Waals surface area contributed by atoms with Crippen molar-refractivity contribution in [1.29, 1.82) is 5.26 Å². The number of carbonyl (C=O) groups is 1. The van der Waals surface area contributed by atoms with Crippen LogP contribution in [0.25, 0.3) is 0 Å². The molecule has 2 aromatic heterocycles. The molecule has 0 bridgehead atoms. The largest absolute Gasteiger partial charge is 0.487 e. The van der Waals surface area contributed by atoms with Crippen molar-refractivity contribution in [3.63, 3.8) is 0 Å². The smallest absolute Gasteiger partial charge is 0.268 e. The summed E-state index contributed by atoms with van der Waals surface area (Å²) in [4.78, 5) is 26.2. The molecular formula is C21H16ClFN2O4S. The summed E-state index contributed by atoms with van der Waals surface area (Å²) in [5.74, 6) is -1.01. The quantitative estimate of drug-likeness (QED) is 0.488. The Kier molecular flexibility index (Phi) is 7.00. The molecule has 0 fully saturated rings. The number of ketones is 1. The number of carbonyl (C=O) groups excluding carboxylic acids is 1. The second-order valence-electron chi connectivity index (χ2n) is 6.21. The predicted octanol–water partition coefficient (Wildman–Crippen LogP) is 4.03. The molecule has 0 amide bonds. The lowest BCUT2D eigenvalue weighted by Crippen LogP contribution is -2.25. The number of methoxy groups -OCH3 is 1. The average Bonchev–Trinajstić information content (AvgIpc) is 3.16. The molecule has 3 rings (SSSR count). The minimum absolute atomic E-state index is 0.0153. The number of halogens is 2. The molecule has 154 valence electrons. The Morgan fingerprint density at radius 3 is 2.77 bits per heavy atom. The molecule has 9 heteroatoms. The highest BCUT2D eigenvalue weighted by Gasteiger charge is 2.19. The van der Waals surface area contributed by atoms with Crippen LogP contribution in [0.15, 0.2) is 47.4 Å². The molecule has 6 nitrogen and oxygen atoms in total. The highest BCUT2D eigenvalue weighted by molar-refractivity contribution is 7.16. The number of nitriles is 1. The summed E-state index contributed by atoms with van der Waals surface area (Å²) in [5.41, 5.74) is -0.671. The number of aromatic nitrogens is 1. The van der Waals surface area contributed by atoms with E-state index in [4.69, 9.17) is 21.1 Å². The topological polar surface area (TPSA) is 81.3 Å². The first-order chi connectivity index (χ1) is 14.4. The van der Waals surface area contributed by atoms with Crippen molar-refractivity contribution in [2.24, 2.45) is 0 Å². The normalized spacial score (nSPS) is 10.6. The van der Waals surface area contributed by atoms with Crippen LogP contribution < -0.4 is 10.3 Å². The van der Waals surface area contributed by atoms with Crippen LogP contribution in [-0.2, 0) is 17.9 Å². The lowest BCUT2D eigenvalue weighted by atomic mass is 10.0. The fourth-order valence-electron chi connectivity index (χ4n) is 2.73. The molecule has 0 aliphatic heterocycles. The van der Waals surface area contributed by atoms with Gasteiger partial charge in [-0.3, -0.25) is 9.59 Å².